The Labute approximate surface area is 176 Å². The van der Waals surface area contributed by atoms with Gasteiger partial charge in [-0.1, -0.05) is 47.8 Å². The zero-order valence-corrected chi connectivity index (χ0v) is 17.9. The van der Waals surface area contributed by atoms with Crippen molar-refractivity contribution in [3.05, 3.63) is 41.0 Å². The van der Waals surface area contributed by atoms with E-state index >= 15 is 0 Å². The summed E-state index contributed by atoms with van der Waals surface area (Å²) in [6, 6.07) is 8.23. The molecule has 0 spiro atoms. The monoisotopic (exact) mass is 432 g/mol. The first kappa shape index (κ1) is 19.5. The van der Waals surface area contributed by atoms with Crippen LogP contribution in [0.1, 0.15) is 27.9 Å². The highest BCUT2D eigenvalue weighted by Crippen LogP contribution is 2.45. The molecule has 1 aromatic carbocycles. The second-order valence-corrected chi connectivity index (χ2v) is 9.85. The first-order chi connectivity index (χ1) is 13.7. The van der Waals surface area contributed by atoms with Crippen molar-refractivity contribution in [2.24, 2.45) is 4.99 Å². The third-order valence-electron chi connectivity index (χ3n) is 4.67. The van der Waals surface area contributed by atoms with Gasteiger partial charge in [0, 0.05) is 22.8 Å². The quantitative estimate of drug-likeness (QED) is 0.707. The SMILES string of the molecule is COC(=O)c1c(NC(=O)CCSC2=NCCS2)sc2c1CCc1ccccc1-2. The van der Waals surface area contributed by atoms with Crippen LogP contribution in [0, 0.1) is 0 Å². The van der Waals surface area contributed by atoms with Gasteiger partial charge in [0.15, 0.2) is 0 Å². The van der Waals surface area contributed by atoms with Crippen LogP contribution in [-0.2, 0) is 22.4 Å². The Kier molecular flexibility index (Phi) is 6.08. The van der Waals surface area contributed by atoms with E-state index in [0.29, 0.717) is 22.7 Å². The predicted octanol–water partition coefficient (Wildman–Crippen LogP) is 4.46. The number of fused-ring (bicyclic) bond motifs is 3. The molecule has 0 bridgehead atoms. The number of nitrogens with one attached hydrogen (secondary N) is 1. The van der Waals surface area contributed by atoms with Crippen molar-refractivity contribution in [1.29, 1.82) is 0 Å². The molecular weight excluding hydrogens is 412 g/mol. The molecule has 1 amide bonds. The maximum Gasteiger partial charge on any atom is 0.341 e. The van der Waals surface area contributed by atoms with Gasteiger partial charge in [-0.3, -0.25) is 9.79 Å². The number of nitrogens with zero attached hydrogens (tertiary/aromatic N) is 1. The molecule has 1 N–H and O–H groups in total. The van der Waals surface area contributed by atoms with Crippen LogP contribution in [0.25, 0.3) is 10.4 Å². The van der Waals surface area contributed by atoms with Crippen molar-refractivity contribution >= 4 is 56.1 Å². The second-order valence-electron chi connectivity index (χ2n) is 6.41. The molecule has 4 rings (SSSR count). The number of hydrogen-bond acceptors (Lipinski definition) is 7. The number of thiophene rings is 1. The van der Waals surface area contributed by atoms with E-state index in [2.05, 4.69) is 22.4 Å². The summed E-state index contributed by atoms with van der Waals surface area (Å²) in [5.41, 5.74) is 3.91. The van der Waals surface area contributed by atoms with Gasteiger partial charge in [0.1, 0.15) is 9.38 Å². The molecule has 146 valence electrons. The molecule has 0 saturated carbocycles. The van der Waals surface area contributed by atoms with Crippen LogP contribution in [0.4, 0.5) is 5.00 Å². The number of esters is 1. The van der Waals surface area contributed by atoms with E-state index in [4.69, 9.17) is 4.74 Å². The number of hydrogen-bond donors (Lipinski definition) is 1. The number of rotatable bonds is 5. The van der Waals surface area contributed by atoms with E-state index in [1.807, 2.05) is 12.1 Å². The van der Waals surface area contributed by atoms with Crippen molar-refractivity contribution in [3.8, 4) is 10.4 Å². The van der Waals surface area contributed by atoms with Crippen LogP contribution < -0.4 is 5.32 Å². The van der Waals surface area contributed by atoms with Gasteiger partial charge >= 0.3 is 5.97 Å². The normalized spacial score (nSPS) is 14.8. The molecule has 0 unspecified atom stereocenters. The molecule has 0 fully saturated rings. The number of methoxy groups -OCH3 is 1. The summed E-state index contributed by atoms with van der Waals surface area (Å²) in [6.45, 7) is 0.865. The molecule has 8 heteroatoms. The van der Waals surface area contributed by atoms with Crippen LogP contribution in [0.5, 0.6) is 0 Å². The van der Waals surface area contributed by atoms with Crippen molar-refractivity contribution < 1.29 is 14.3 Å². The summed E-state index contributed by atoms with van der Waals surface area (Å²) in [6.07, 6.45) is 2.04. The molecule has 28 heavy (non-hydrogen) atoms. The fraction of sp³-hybridized carbons (Fsp3) is 0.350. The maximum absolute atomic E-state index is 12.5. The lowest BCUT2D eigenvalue weighted by atomic mass is 9.89. The molecular formula is C20H20N2O3S3. The number of carbonyl (C=O) groups excluding carboxylic acids is 2. The van der Waals surface area contributed by atoms with Gasteiger partial charge in [0.2, 0.25) is 5.91 Å². The summed E-state index contributed by atoms with van der Waals surface area (Å²) in [4.78, 5) is 30.4. The molecule has 1 aliphatic heterocycles. The number of carbonyl (C=O) groups is 2. The van der Waals surface area contributed by atoms with Gasteiger partial charge in [-0.15, -0.1) is 11.3 Å². The van der Waals surface area contributed by atoms with E-state index in [9.17, 15) is 9.59 Å². The lowest BCUT2D eigenvalue weighted by molar-refractivity contribution is -0.115. The van der Waals surface area contributed by atoms with E-state index in [0.717, 1.165) is 45.5 Å². The summed E-state index contributed by atoms with van der Waals surface area (Å²) in [5.74, 6) is 1.23. The number of amides is 1. The Morgan fingerprint density at radius 1 is 1.29 bits per heavy atom. The van der Waals surface area contributed by atoms with Gasteiger partial charge in [-0.25, -0.2) is 4.79 Å². The van der Waals surface area contributed by atoms with Gasteiger partial charge in [-0.2, -0.15) is 0 Å². The van der Waals surface area contributed by atoms with Crippen molar-refractivity contribution in [1.82, 2.24) is 0 Å². The standard InChI is InChI=1S/C20H20N2O3S3/c1-25-19(24)16-14-7-6-12-4-2-3-5-13(12)17(14)28-18(16)22-15(23)8-10-26-20-21-9-11-27-20/h2-5H,6-11H2,1H3,(H,22,23). The minimum Gasteiger partial charge on any atom is -0.465 e. The predicted molar refractivity (Wildman–Crippen MR) is 119 cm³/mol. The molecule has 1 aliphatic carbocycles. The fourth-order valence-corrected chi connectivity index (χ4v) is 6.70. The Hall–Kier alpha value is -1.77. The average molecular weight is 433 g/mol. The number of benzene rings is 1. The van der Waals surface area contributed by atoms with E-state index in [1.54, 1.807) is 23.5 Å². The first-order valence-corrected chi connectivity index (χ1v) is 11.9. The number of aliphatic imine (C=N–C) groups is 1. The number of thioether (sulfide) groups is 2. The van der Waals surface area contributed by atoms with Crippen molar-refractivity contribution in [3.63, 3.8) is 0 Å². The zero-order chi connectivity index (χ0) is 19.5. The molecule has 1 aromatic heterocycles. The largest absolute Gasteiger partial charge is 0.465 e. The molecule has 0 saturated heterocycles. The topological polar surface area (TPSA) is 67.8 Å². The highest BCUT2D eigenvalue weighted by molar-refractivity contribution is 8.39. The minimum absolute atomic E-state index is 0.0897. The van der Waals surface area contributed by atoms with Crippen LogP contribution in [-0.4, -0.2) is 41.4 Å². The van der Waals surface area contributed by atoms with Crippen LogP contribution in [0.15, 0.2) is 29.3 Å². The molecule has 2 aliphatic rings. The van der Waals surface area contributed by atoms with Crippen LogP contribution in [0.3, 0.4) is 0 Å². The summed E-state index contributed by atoms with van der Waals surface area (Å²) in [7, 11) is 1.38. The smallest absolute Gasteiger partial charge is 0.341 e. The van der Waals surface area contributed by atoms with Gasteiger partial charge < -0.3 is 10.1 Å². The van der Waals surface area contributed by atoms with Crippen LogP contribution >= 0.6 is 34.9 Å². The summed E-state index contributed by atoms with van der Waals surface area (Å²) < 4.78 is 6.07. The van der Waals surface area contributed by atoms with Gasteiger partial charge in [0.05, 0.1) is 19.2 Å². The number of aryl methyl sites for hydroxylation is 1. The van der Waals surface area contributed by atoms with Crippen molar-refractivity contribution in [2.75, 3.05) is 30.5 Å². The average Bonchev–Trinajstić information content (AvgIpc) is 3.35. The fourth-order valence-electron chi connectivity index (χ4n) is 3.37. The number of anilines is 1. The lowest BCUT2D eigenvalue weighted by Gasteiger charge is -2.16. The molecule has 5 nitrogen and oxygen atoms in total. The first-order valence-electron chi connectivity index (χ1n) is 9.09. The highest BCUT2D eigenvalue weighted by Gasteiger charge is 2.29. The zero-order valence-electron chi connectivity index (χ0n) is 15.4. The van der Waals surface area contributed by atoms with E-state index in [1.165, 1.54) is 24.0 Å². The maximum atomic E-state index is 12.5. The van der Waals surface area contributed by atoms with Crippen LogP contribution in [0.2, 0.25) is 0 Å². The summed E-state index contributed by atoms with van der Waals surface area (Å²) in [5, 5.41) is 3.55. The van der Waals surface area contributed by atoms with Gasteiger partial charge in [0.25, 0.3) is 0 Å². The van der Waals surface area contributed by atoms with Gasteiger partial charge in [-0.05, 0) is 29.5 Å². The Morgan fingerprint density at radius 3 is 2.93 bits per heavy atom. The third kappa shape index (κ3) is 3.99. The third-order valence-corrected chi connectivity index (χ3v) is 8.10. The second kappa shape index (κ2) is 8.71. The van der Waals surface area contributed by atoms with Crippen molar-refractivity contribution in [2.45, 2.75) is 19.3 Å². The Balaban J connectivity index is 1.54. The molecule has 0 radical (unpaired) electrons. The molecule has 2 heterocycles. The highest BCUT2D eigenvalue weighted by atomic mass is 32.2. The minimum atomic E-state index is -0.390. The number of ether oxygens (including phenoxy) is 1. The summed E-state index contributed by atoms with van der Waals surface area (Å²) >= 11 is 4.83. The molecule has 0 atom stereocenters. The molecule has 2 aromatic rings. The Morgan fingerprint density at radius 2 is 2.14 bits per heavy atom. The van der Waals surface area contributed by atoms with E-state index in [-0.39, 0.29) is 5.91 Å². The Bertz CT molecular complexity index is 952. The van der Waals surface area contributed by atoms with E-state index < -0.39 is 5.97 Å². The lowest BCUT2D eigenvalue weighted by Crippen LogP contribution is -2.15.